The number of rotatable bonds is 6. The van der Waals surface area contributed by atoms with E-state index in [0.717, 1.165) is 5.57 Å². The number of amides is 1. The highest BCUT2D eigenvalue weighted by Gasteiger charge is 2.31. The van der Waals surface area contributed by atoms with Crippen LogP contribution in [0.3, 0.4) is 0 Å². The van der Waals surface area contributed by atoms with Crippen LogP contribution in [-0.2, 0) is 9.59 Å². The Bertz CT molecular complexity index is 689. The van der Waals surface area contributed by atoms with Crippen molar-refractivity contribution in [2.45, 2.75) is 26.2 Å². The van der Waals surface area contributed by atoms with Crippen LogP contribution in [0.1, 0.15) is 26.2 Å². The van der Waals surface area contributed by atoms with Gasteiger partial charge in [-0.2, -0.15) is 0 Å². The Hall–Kier alpha value is -1.70. The number of aliphatic carboxylic acids is 1. The second-order valence-corrected chi connectivity index (χ2v) is 7.20. The maximum atomic E-state index is 12.4. The van der Waals surface area contributed by atoms with Crippen LogP contribution in [-0.4, -0.2) is 44.5 Å². The number of thioether (sulfide) groups is 1. The predicted octanol–water partition coefficient (Wildman–Crippen LogP) is 2.79. The molecule has 1 fully saturated rings. The summed E-state index contributed by atoms with van der Waals surface area (Å²) >= 11 is 6.40. The van der Waals surface area contributed by atoms with Gasteiger partial charge in [0.05, 0.1) is 11.5 Å². The molecule has 0 aromatic heterocycles. The van der Waals surface area contributed by atoms with Gasteiger partial charge in [-0.25, -0.2) is 0 Å². The fourth-order valence-electron chi connectivity index (χ4n) is 2.36. The van der Waals surface area contributed by atoms with Gasteiger partial charge in [-0.3, -0.25) is 14.5 Å². The molecule has 7 heteroatoms. The fourth-order valence-corrected chi connectivity index (χ4v) is 3.67. The summed E-state index contributed by atoms with van der Waals surface area (Å²) < 4.78 is 0.425. The summed E-state index contributed by atoms with van der Waals surface area (Å²) in [4.78, 5) is 24.9. The number of aliphatic hydroxyl groups excluding tert-OH is 1. The maximum Gasteiger partial charge on any atom is 0.303 e. The molecule has 0 radical (unpaired) electrons. The van der Waals surface area contributed by atoms with Crippen LogP contribution in [0.2, 0.25) is 0 Å². The molecule has 0 atom stereocenters. The topological polar surface area (TPSA) is 77.8 Å². The Balaban J connectivity index is 2.14. The Morgan fingerprint density at radius 1 is 1.46 bits per heavy atom. The predicted molar refractivity (Wildman–Crippen MR) is 98.5 cm³/mol. The number of carbonyl (C=O) groups is 2. The lowest BCUT2D eigenvalue weighted by atomic mass is 9.98. The quantitative estimate of drug-likeness (QED) is 0.557. The van der Waals surface area contributed by atoms with Crippen molar-refractivity contribution in [3.63, 3.8) is 0 Å². The van der Waals surface area contributed by atoms with E-state index in [1.165, 1.54) is 22.2 Å². The smallest absolute Gasteiger partial charge is 0.303 e. The van der Waals surface area contributed by atoms with Crippen molar-refractivity contribution in [2.24, 2.45) is 0 Å². The van der Waals surface area contributed by atoms with Crippen LogP contribution in [0.25, 0.3) is 0 Å². The first-order valence-corrected chi connectivity index (χ1v) is 8.79. The zero-order valence-corrected chi connectivity index (χ0v) is 15.0. The van der Waals surface area contributed by atoms with Crippen molar-refractivity contribution in [3.8, 4) is 0 Å². The summed E-state index contributed by atoms with van der Waals surface area (Å²) in [5, 5.41) is 18.3. The van der Waals surface area contributed by atoms with E-state index in [4.69, 9.17) is 17.3 Å². The van der Waals surface area contributed by atoms with Crippen molar-refractivity contribution >= 4 is 40.2 Å². The summed E-state index contributed by atoms with van der Waals surface area (Å²) in [6.45, 7) is 2.14. The molecule has 0 unspecified atom stereocenters. The number of carbonyl (C=O) groups excluding carboxylic acids is 1. The van der Waals surface area contributed by atoms with Crippen LogP contribution in [0, 0.1) is 0 Å². The minimum atomic E-state index is -0.893. The molecule has 128 valence electrons. The third-order valence-corrected chi connectivity index (χ3v) is 5.10. The highest BCUT2D eigenvalue weighted by Crippen LogP contribution is 2.33. The molecule has 0 aromatic rings. The molecule has 1 heterocycles. The summed E-state index contributed by atoms with van der Waals surface area (Å²) in [7, 11) is 0. The van der Waals surface area contributed by atoms with Crippen molar-refractivity contribution < 1.29 is 19.8 Å². The number of carboxylic acids is 1. The highest BCUT2D eigenvalue weighted by atomic mass is 32.2. The zero-order chi connectivity index (χ0) is 17.7. The first kappa shape index (κ1) is 18.6. The molecular formula is C17H19NO4S2. The van der Waals surface area contributed by atoms with Gasteiger partial charge in [-0.05, 0) is 37.0 Å². The second-order valence-electron chi connectivity index (χ2n) is 5.52. The van der Waals surface area contributed by atoms with Crippen molar-refractivity contribution in [1.29, 1.82) is 0 Å². The van der Waals surface area contributed by atoms with E-state index in [2.05, 4.69) is 6.08 Å². The first-order valence-electron chi connectivity index (χ1n) is 7.57. The van der Waals surface area contributed by atoms with Crippen LogP contribution < -0.4 is 0 Å². The Morgan fingerprint density at radius 2 is 2.21 bits per heavy atom. The lowest BCUT2D eigenvalue weighted by Crippen LogP contribution is -2.29. The van der Waals surface area contributed by atoms with Crippen molar-refractivity contribution in [3.05, 3.63) is 45.9 Å². The third kappa shape index (κ3) is 4.66. The normalized spacial score (nSPS) is 21.5. The van der Waals surface area contributed by atoms with Crippen LogP contribution in [0.4, 0.5) is 0 Å². The average Bonchev–Trinajstić information content (AvgIpc) is 2.80. The molecule has 0 saturated carbocycles. The van der Waals surface area contributed by atoms with Gasteiger partial charge in [0, 0.05) is 13.0 Å². The van der Waals surface area contributed by atoms with E-state index in [9.17, 15) is 14.7 Å². The van der Waals surface area contributed by atoms with Crippen molar-refractivity contribution in [2.75, 3.05) is 13.2 Å². The number of hydrogen-bond acceptors (Lipinski definition) is 5. The number of nitrogens with zero attached hydrogens (tertiary/aromatic N) is 1. The van der Waals surface area contributed by atoms with Gasteiger partial charge < -0.3 is 10.2 Å². The van der Waals surface area contributed by atoms with E-state index in [1.54, 1.807) is 6.08 Å². The van der Waals surface area contributed by atoms with Crippen LogP contribution in [0.15, 0.2) is 45.9 Å². The Kier molecular flexibility index (Phi) is 6.53. The average molecular weight is 365 g/mol. The molecule has 24 heavy (non-hydrogen) atoms. The van der Waals surface area contributed by atoms with Gasteiger partial charge in [-0.1, -0.05) is 47.8 Å². The van der Waals surface area contributed by atoms with E-state index < -0.39 is 5.97 Å². The second kappa shape index (κ2) is 8.41. The molecule has 2 rings (SSSR count). The monoisotopic (exact) mass is 365 g/mol. The summed E-state index contributed by atoms with van der Waals surface area (Å²) in [5.74, 6) is -1.12. The van der Waals surface area contributed by atoms with Gasteiger partial charge >= 0.3 is 5.97 Å². The molecular weight excluding hydrogens is 346 g/mol. The zero-order valence-electron chi connectivity index (χ0n) is 13.3. The Labute approximate surface area is 150 Å². The van der Waals surface area contributed by atoms with Crippen LogP contribution in [0.5, 0.6) is 0 Å². The minimum absolute atomic E-state index is 0.00146. The molecule has 1 saturated heterocycles. The number of allylic oxidation sites excluding steroid dienone is 5. The number of hydrogen-bond donors (Lipinski definition) is 2. The molecule has 5 nitrogen and oxygen atoms in total. The molecule has 0 aromatic carbocycles. The third-order valence-electron chi connectivity index (χ3n) is 3.73. The lowest BCUT2D eigenvalue weighted by Gasteiger charge is -2.13. The van der Waals surface area contributed by atoms with E-state index in [1.807, 2.05) is 19.1 Å². The molecule has 1 amide bonds. The molecule has 1 aliphatic heterocycles. The summed E-state index contributed by atoms with van der Waals surface area (Å²) in [6.07, 6.45) is 8.74. The Morgan fingerprint density at radius 3 is 2.79 bits per heavy atom. The number of aliphatic hydroxyl groups is 1. The van der Waals surface area contributed by atoms with Gasteiger partial charge in [0.1, 0.15) is 4.32 Å². The number of thiocarbonyl (C=S) groups is 1. The van der Waals surface area contributed by atoms with Gasteiger partial charge in [0.15, 0.2) is 0 Å². The van der Waals surface area contributed by atoms with Gasteiger partial charge in [0.25, 0.3) is 5.91 Å². The molecule has 0 spiro atoms. The largest absolute Gasteiger partial charge is 0.481 e. The standard InChI is InChI=1S/C17H19NO4S2/c1-11-4-6-12(7-5-11)13(10-19)9-14-16(22)18(17(23)24-14)8-2-3-15(20)21/h4-6,9,19H,2-3,7-8,10H2,1H3,(H,20,21). The van der Waals surface area contributed by atoms with Crippen LogP contribution >= 0.6 is 24.0 Å². The number of carboxylic acid groups (broad SMARTS) is 1. The summed E-state index contributed by atoms with van der Waals surface area (Å²) in [6, 6.07) is 0. The van der Waals surface area contributed by atoms with E-state index >= 15 is 0 Å². The molecule has 1 aliphatic carbocycles. The van der Waals surface area contributed by atoms with E-state index in [0.29, 0.717) is 34.2 Å². The first-order chi connectivity index (χ1) is 11.4. The molecule has 2 N–H and O–H groups in total. The van der Waals surface area contributed by atoms with Gasteiger partial charge in [0.2, 0.25) is 0 Å². The highest BCUT2D eigenvalue weighted by molar-refractivity contribution is 8.26. The molecule has 2 aliphatic rings. The van der Waals surface area contributed by atoms with Crippen molar-refractivity contribution in [1.82, 2.24) is 4.90 Å². The minimum Gasteiger partial charge on any atom is -0.481 e. The maximum absolute atomic E-state index is 12.4. The fraction of sp³-hybridized carbons (Fsp3) is 0.353. The lowest BCUT2D eigenvalue weighted by molar-refractivity contribution is -0.137. The summed E-state index contributed by atoms with van der Waals surface area (Å²) in [5.41, 5.74) is 2.83. The molecule has 0 bridgehead atoms. The van der Waals surface area contributed by atoms with E-state index in [-0.39, 0.29) is 18.9 Å². The SMILES string of the molecule is CC1=CCC(=C(C=C2SC(=S)N(CCCC(=O)O)C2=O)CO)C=C1. The van der Waals surface area contributed by atoms with Gasteiger partial charge in [-0.15, -0.1) is 0 Å².